The Labute approximate surface area is 168 Å². The average molecular weight is 387 g/mol. The minimum absolute atomic E-state index is 0.0680. The highest BCUT2D eigenvalue weighted by Crippen LogP contribution is 2.28. The van der Waals surface area contributed by atoms with E-state index in [1.165, 1.54) is 11.8 Å². The molecule has 0 radical (unpaired) electrons. The van der Waals surface area contributed by atoms with E-state index >= 15 is 0 Å². The number of amides is 1. The molecule has 2 rings (SSSR count). The summed E-state index contributed by atoms with van der Waals surface area (Å²) in [5.41, 5.74) is 5.59. The number of aromatic nitrogens is 2. The van der Waals surface area contributed by atoms with Crippen molar-refractivity contribution >= 4 is 17.6 Å². The third-order valence-electron chi connectivity index (χ3n) is 5.07. The first-order valence-corrected chi connectivity index (χ1v) is 10.1. The fourth-order valence-electron chi connectivity index (χ4n) is 3.37. The number of pyridine rings is 1. The van der Waals surface area contributed by atoms with E-state index in [0.29, 0.717) is 6.04 Å². The number of imidazole rings is 1. The van der Waals surface area contributed by atoms with Crippen LogP contribution in [-0.2, 0) is 16.8 Å². The molecule has 0 aliphatic heterocycles. The van der Waals surface area contributed by atoms with Crippen molar-refractivity contribution in [2.45, 2.75) is 72.4 Å². The summed E-state index contributed by atoms with van der Waals surface area (Å²) in [4.78, 5) is 18.7. The highest BCUT2D eigenvalue weighted by molar-refractivity contribution is 5.90. The molecule has 0 saturated heterocycles. The highest BCUT2D eigenvalue weighted by Gasteiger charge is 2.26. The number of hydrogen-bond acceptors (Lipinski definition) is 4. The molecule has 28 heavy (non-hydrogen) atoms. The van der Waals surface area contributed by atoms with Gasteiger partial charge in [-0.1, -0.05) is 34.6 Å². The van der Waals surface area contributed by atoms with Gasteiger partial charge in [-0.2, -0.15) is 0 Å². The molecule has 2 aromatic heterocycles. The molecule has 0 aromatic carbocycles. The average Bonchev–Trinajstić information content (AvgIpc) is 3.03. The molecular weight excluding hydrogens is 352 g/mol. The minimum atomic E-state index is -0.553. The maximum atomic E-state index is 11.2. The Kier molecular flexibility index (Phi) is 7.38. The number of carbonyl (C=O) groups excluding carboxylic acids is 1. The van der Waals surface area contributed by atoms with Crippen LogP contribution in [0.2, 0.25) is 0 Å². The van der Waals surface area contributed by atoms with Gasteiger partial charge in [-0.25, -0.2) is 10.5 Å². The van der Waals surface area contributed by atoms with Crippen molar-refractivity contribution in [2.24, 2.45) is 0 Å². The first-order chi connectivity index (χ1) is 13.2. The number of nitrogens with zero attached hydrogens (tertiary/aromatic N) is 3. The molecule has 0 bridgehead atoms. The molecule has 0 aliphatic rings. The van der Waals surface area contributed by atoms with Gasteiger partial charge in [0.2, 0.25) is 0 Å². The van der Waals surface area contributed by atoms with Crippen LogP contribution in [0.25, 0.3) is 11.7 Å². The lowest BCUT2D eigenvalue weighted by Crippen LogP contribution is -2.34. The van der Waals surface area contributed by atoms with E-state index in [-0.39, 0.29) is 5.41 Å². The van der Waals surface area contributed by atoms with E-state index in [2.05, 4.69) is 50.8 Å². The molecule has 154 valence electrons. The summed E-state index contributed by atoms with van der Waals surface area (Å²) in [6, 6.07) is 4.43. The van der Waals surface area contributed by atoms with Gasteiger partial charge in [-0.3, -0.25) is 14.9 Å². The van der Waals surface area contributed by atoms with Crippen molar-refractivity contribution in [3.05, 3.63) is 41.4 Å². The lowest BCUT2D eigenvalue weighted by Gasteiger charge is -2.29. The van der Waals surface area contributed by atoms with Crippen molar-refractivity contribution in [1.29, 1.82) is 0 Å². The van der Waals surface area contributed by atoms with Gasteiger partial charge >= 0.3 is 0 Å². The third kappa shape index (κ3) is 5.20. The predicted octanol–water partition coefficient (Wildman–Crippen LogP) is 4.16. The SMILES string of the molecule is CCCN(Cc1c(C(C)(C)C)nc2cc(/C=C/C(=O)NO)ccn12)C(C)CC. The zero-order valence-corrected chi connectivity index (χ0v) is 18.0. The van der Waals surface area contributed by atoms with E-state index in [4.69, 9.17) is 10.2 Å². The summed E-state index contributed by atoms with van der Waals surface area (Å²) in [5, 5.41) is 8.63. The Hall–Kier alpha value is -2.18. The van der Waals surface area contributed by atoms with Gasteiger partial charge in [-0.05, 0) is 50.1 Å². The molecule has 1 atom stereocenters. The predicted molar refractivity (Wildman–Crippen MR) is 113 cm³/mol. The lowest BCUT2D eigenvalue weighted by atomic mass is 9.90. The second kappa shape index (κ2) is 9.34. The normalized spacial score (nSPS) is 13.6. The third-order valence-corrected chi connectivity index (χ3v) is 5.07. The molecule has 0 saturated carbocycles. The summed E-state index contributed by atoms with van der Waals surface area (Å²) in [6.07, 6.45) is 7.22. The number of hydroxylamine groups is 1. The van der Waals surface area contributed by atoms with E-state index in [1.807, 2.05) is 18.3 Å². The van der Waals surface area contributed by atoms with Crippen LogP contribution in [0.5, 0.6) is 0 Å². The molecular formula is C22H34N4O2. The van der Waals surface area contributed by atoms with Gasteiger partial charge in [0.1, 0.15) is 5.65 Å². The molecule has 2 N–H and O–H groups in total. The molecule has 6 heteroatoms. The quantitative estimate of drug-likeness (QED) is 0.406. The van der Waals surface area contributed by atoms with Crippen molar-refractivity contribution in [1.82, 2.24) is 19.8 Å². The van der Waals surface area contributed by atoms with E-state index < -0.39 is 5.91 Å². The minimum Gasteiger partial charge on any atom is -0.302 e. The van der Waals surface area contributed by atoms with Crippen molar-refractivity contribution in [3.63, 3.8) is 0 Å². The molecule has 0 fully saturated rings. The molecule has 0 aliphatic carbocycles. The van der Waals surface area contributed by atoms with Gasteiger partial charge in [-0.15, -0.1) is 0 Å². The van der Waals surface area contributed by atoms with Gasteiger partial charge in [0.05, 0.1) is 11.4 Å². The van der Waals surface area contributed by atoms with E-state index in [0.717, 1.165) is 42.8 Å². The largest absolute Gasteiger partial charge is 0.302 e. The van der Waals surface area contributed by atoms with E-state index in [9.17, 15) is 4.79 Å². The molecule has 0 spiro atoms. The molecule has 6 nitrogen and oxygen atoms in total. The topological polar surface area (TPSA) is 69.9 Å². The van der Waals surface area contributed by atoms with Crippen LogP contribution in [0, 0.1) is 0 Å². The summed E-state index contributed by atoms with van der Waals surface area (Å²) >= 11 is 0. The number of rotatable bonds is 8. The van der Waals surface area contributed by atoms with Crippen LogP contribution in [0.3, 0.4) is 0 Å². The van der Waals surface area contributed by atoms with Crippen molar-refractivity contribution < 1.29 is 10.0 Å². The smallest absolute Gasteiger partial charge is 0.267 e. The lowest BCUT2D eigenvalue weighted by molar-refractivity contribution is -0.124. The highest BCUT2D eigenvalue weighted by atomic mass is 16.5. The second-order valence-corrected chi connectivity index (χ2v) is 8.38. The molecule has 1 amide bonds. The van der Waals surface area contributed by atoms with Gasteiger partial charge in [0, 0.05) is 30.3 Å². The second-order valence-electron chi connectivity index (χ2n) is 8.38. The van der Waals surface area contributed by atoms with Crippen molar-refractivity contribution in [2.75, 3.05) is 6.54 Å². The van der Waals surface area contributed by atoms with Gasteiger partial charge < -0.3 is 4.40 Å². The molecule has 2 aromatic rings. The fourth-order valence-corrected chi connectivity index (χ4v) is 3.37. The van der Waals surface area contributed by atoms with Crippen LogP contribution in [0.1, 0.15) is 71.3 Å². The first kappa shape index (κ1) is 22.1. The summed E-state index contributed by atoms with van der Waals surface area (Å²) < 4.78 is 2.16. The molecule has 2 heterocycles. The van der Waals surface area contributed by atoms with Crippen LogP contribution in [0.15, 0.2) is 24.4 Å². The molecule has 1 unspecified atom stereocenters. The van der Waals surface area contributed by atoms with E-state index in [1.54, 1.807) is 11.6 Å². The Morgan fingerprint density at radius 2 is 2.11 bits per heavy atom. The van der Waals surface area contributed by atoms with Crippen molar-refractivity contribution in [3.8, 4) is 0 Å². The van der Waals surface area contributed by atoms with Gasteiger partial charge in [0.25, 0.3) is 5.91 Å². The number of fused-ring (bicyclic) bond motifs is 1. The van der Waals surface area contributed by atoms with Crippen LogP contribution in [-0.4, -0.2) is 38.0 Å². The van der Waals surface area contributed by atoms with Crippen LogP contribution >= 0.6 is 0 Å². The monoisotopic (exact) mass is 386 g/mol. The van der Waals surface area contributed by atoms with Crippen LogP contribution < -0.4 is 5.48 Å². The maximum Gasteiger partial charge on any atom is 0.267 e. The Balaban J connectivity index is 2.50. The summed E-state index contributed by atoms with van der Waals surface area (Å²) in [5.74, 6) is -0.553. The zero-order chi connectivity index (χ0) is 20.9. The standard InChI is InChI=1S/C22H34N4O2/c1-7-12-25(16(3)8-2)15-18-21(22(4,5)6)23-19-14-17(11-13-26(18)19)9-10-20(27)24-28/h9-11,13-14,16,28H,7-8,12,15H2,1-6H3,(H,24,27)/b10-9+. The Bertz CT molecular complexity index is 833. The van der Waals surface area contributed by atoms with Crippen LogP contribution in [0.4, 0.5) is 0 Å². The first-order valence-electron chi connectivity index (χ1n) is 10.1. The summed E-state index contributed by atoms with van der Waals surface area (Å²) in [6.45, 7) is 15.2. The summed E-state index contributed by atoms with van der Waals surface area (Å²) in [7, 11) is 0. The number of carbonyl (C=O) groups is 1. The zero-order valence-electron chi connectivity index (χ0n) is 18.0. The Morgan fingerprint density at radius 1 is 1.39 bits per heavy atom. The fraction of sp³-hybridized carbons (Fsp3) is 0.545. The Morgan fingerprint density at radius 3 is 2.68 bits per heavy atom. The number of nitrogens with one attached hydrogen (secondary N) is 1. The van der Waals surface area contributed by atoms with Gasteiger partial charge in [0.15, 0.2) is 0 Å². The number of hydrogen-bond donors (Lipinski definition) is 2. The maximum absolute atomic E-state index is 11.2.